The summed E-state index contributed by atoms with van der Waals surface area (Å²) < 4.78 is 237. The van der Waals surface area contributed by atoms with Gasteiger partial charge in [-0.25, -0.2) is 9.13 Å². The van der Waals surface area contributed by atoms with Crippen molar-refractivity contribution in [3.05, 3.63) is 71.4 Å². The standard InChI is InChI=1S/C44H64F8N2O11S.C15H29FO4Si.C15H30O5Si.C15H28O4Si/c1-3-13-35(15-8-6-11-20-53-39(55)16-9-10-19-41(45,46)42(47,48)64-44(51,65-52)43(49,50)66-57)32-34(4-2)14-7-5-12-21-54-40(56)36-17-18-37-38(33-36)63-31-29-61-27-25-59-23-22-58-24-26-60-28-30-62-37;2*1-10-12(16)14(17-7-8-21(4,5)6)19-11-9-18-15(2,3)20-13(10)11;1-11-9-13(16-7-8-20(4,5)6)18-12-10-17-15(2,3)19-14(11)12/h3,14-15,17-18,33,57H,1,4-13,16,19-32H2,2H3,(H,53,55)(H,54,56);10-14H,7-9H2,1-6H3;10-14,16H,7-9H2,1-6H3;9,12-14H,7-8,10H2,1-6H3/b34-14+,35-15-;;;/t;2*10-,11?,12?,13+,14-;/m.11./s1. The Labute approximate surface area is 760 Å². The molecule has 0 spiro atoms. The molecule has 7 aliphatic heterocycles. The zero-order valence-electron chi connectivity index (χ0n) is 79.0. The average Bonchev–Trinajstić information content (AvgIpc) is 0.782. The largest absolute Gasteiger partial charge is 0.487 e. The fraction of sp³-hybridized carbons (Fsp3) is 0.820. The van der Waals surface area contributed by atoms with Gasteiger partial charge >= 0.3 is 23.3 Å². The summed E-state index contributed by atoms with van der Waals surface area (Å²) >= 11 is -1.79. The highest BCUT2D eigenvalue weighted by Gasteiger charge is 2.70. The van der Waals surface area contributed by atoms with E-state index in [-0.39, 0.29) is 93.3 Å². The predicted octanol–water partition coefficient (Wildman–Crippen LogP) is 18.6. The molecule has 0 bridgehead atoms. The number of carbonyl (C=O) groups excluding carboxylic acids is 2. The van der Waals surface area contributed by atoms with Crippen LogP contribution in [0.15, 0.2) is 65.8 Å². The third-order valence-electron chi connectivity index (χ3n) is 21.6. The summed E-state index contributed by atoms with van der Waals surface area (Å²) in [6.07, 6.45) is 1.55. The maximum atomic E-state index is 14.5. The van der Waals surface area contributed by atoms with Gasteiger partial charge in [0.25, 0.3) is 5.91 Å². The highest BCUT2D eigenvalue weighted by molar-refractivity contribution is 7.94. The molecule has 0 saturated carbocycles. The van der Waals surface area contributed by atoms with Crippen LogP contribution in [-0.2, 0) is 90.3 Å². The first-order valence-corrected chi connectivity index (χ1v) is 56.9. The van der Waals surface area contributed by atoms with E-state index in [1.807, 2.05) is 72.5 Å². The summed E-state index contributed by atoms with van der Waals surface area (Å²) in [4.78, 5) is 27.2. The van der Waals surface area contributed by atoms with Gasteiger partial charge in [0, 0.05) is 87.4 Å². The predicted molar refractivity (Wildman–Crippen MR) is 476 cm³/mol. The van der Waals surface area contributed by atoms with E-state index in [0.717, 1.165) is 69.7 Å². The minimum absolute atomic E-state index is 0.0180. The molecule has 0 aliphatic carbocycles. The number of alkyl halides is 8. The maximum absolute atomic E-state index is 14.5. The fourth-order valence-electron chi connectivity index (χ4n) is 13.8. The van der Waals surface area contributed by atoms with E-state index < -0.39 is 121 Å². The van der Waals surface area contributed by atoms with E-state index in [1.165, 1.54) is 16.7 Å². The first-order chi connectivity index (χ1) is 59.9. The van der Waals surface area contributed by atoms with Gasteiger partial charge in [-0.2, -0.15) is 30.7 Å². The topological polar surface area (TPSA) is 283 Å². The highest BCUT2D eigenvalue weighted by atomic mass is 32.2. The molecule has 1 aromatic rings. The summed E-state index contributed by atoms with van der Waals surface area (Å²) in [5.74, 6) is -7.25. The van der Waals surface area contributed by atoms with Crippen molar-refractivity contribution >= 4 is 48.1 Å². The number of aliphatic hydroxyl groups excluding tert-OH is 1. The Balaban J connectivity index is 0.000000371. The number of amides is 2. The maximum Gasteiger partial charge on any atom is 0.433 e. The second-order valence-corrected chi connectivity index (χ2v) is 55.5. The summed E-state index contributed by atoms with van der Waals surface area (Å²) in [6.45, 7) is 52.0. The first-order valence-electron chi connectivity index (χ1n) is 45.0. The zero-order valence-corrected chi connectivity index (χ0v) is 82.8. The lowest BCUT2D eigenvalue weighted by molar-refractivity contribution is -0.521. The van der Waals surface area contributed by atoms with Crippen LogP contribution in [0.3, 0.4) is 0 Å². The zero-order chi connectivity index (χ0) is 95.4. The molecule has 1 aromatic carbocycles. The average molecular weight is 1920 g/mol. The molecule has 0 aromatic heterocycles. The number of rotatable bonds is 39. The number of hydrogen-bond donors (Lipinski definition) is 4. The Morgan fingerprint density at radius 2 is 1.09 bits per heavy atom. The number of ether oxygens (including phenoxy) is 19. The second-order valence-electron chi connectivity index (χ2n) is 38.0. The smallest absolute Gasteiger partial charge is 0.433 e. The van der Waals surface area contributed by atoms with E-state index in [4.69, 9.17) is 89.8 Å². The van der Waals surface area contributed by atoms with Gasteiger partial charge in [0.2, 0.25) is 5.91 Å². The van der Waals surface area contributed by atoms with Crippen LogP contribution in [0.2, 0.25) is 77.1 Å². The summed E-state index contributed by atoms with van der Waals surface area (Å²) in [5, 5.41) is 10.5. The highest BCUT2D eigenvalue weighted by Crippen LogP contribution is 2.50. The first kappa shape index (κ1) is 115. The SMILES string of the molecule is C=CC/C(=C/CCCCNC(=O)CCCCC(F)(F)C(F)(F)OC(F)(OF)C(F)(F)SO)C/C(=C/CCCCNC(=O)c1ccc2c(c1)OCCOCCOCCOCCOCCO2)CC.CC1=CC(OCC[Si](C)(C)C)OC2COC(C)(C)OC12.C[C@@H]1C(F)[C@H](OCC[Si](C)(C)C)OC2COC(C)(C)O[C@H]21.C[C@@H]1C(O)[C@H](OCC[Si](C)(C)C)OC2COC(C)(C)O[C@H]21. The quantitative estimate of drug-likeness (QED) is 0.0119. The molecule has 5 fully saturated rings. The fourth-order valence-corrected chi connectivity index (χ4v) is 16.2. The number of fused-ring (bicyclic) bond motifs is 4. The van der Waals surface area contributed by atoms with Gasteiger partial charge in [-0.05, 0) is 172 Å². The van der Waals surface area contributed by atoms with Gasteiger partial charge in [-0.15, -0.1) is 11.5 Å². The lowest BCUT2D eigenvalue weighted by Crippen LogP contribution is -2.61. The van der Waals surface area contributed by atoms with Crippen LogP contribution in [0.25, 0.3) is 0 Å². The van der Waals surface area contributed by atoms with Gasteiger partial charge in [0.1, 0.15) is 43.7 Å². The van der Waals surface area contributed by atoms with Crippen molar-refractivity contribution in [1.29, 1.82) is 0 Å². The van der Waals surface area contributed by atoms with Crippen LogP contribution in [-0.4, -0.2) is 273 Å². The van der Waals surface area contributed by atoms with Crippen LogP contribution in [0.5, 0.6) is 11.5 Å². The second kappa shape index (κ2) is 54.9. The van der Waals surface area contributed by atoms with Crippen LogP contribution in [0.1, 0.15) is 163 Å². The van der Waals surface area contributed by atoms with Crippen molar-refractivity contribution < 1.29 is 154 Å². The molecule has 7 heterocycles. The molecular formula is C89H151F9N2O24SSi3. The Morgan fingerprint density at radius 3 is 1.60 bits per heavy atom. The Bertz CT molecular complexity index is 3420. The van der Waals surface area contributed by atoms with Gasteiger partial charge in [-0.3, -0.25) is 9.59 Å². The minimum Gasteiger partial charge on any atom is -0.487 e. The minimum atomic E-state index is -5.97. The van der Waals surface area contributed by atoms with E-state index in [0.29, 0.717) is 122 Å². The van der Waals surface area contributed by atoms with Gasteiger partial charge in [0.15, 0.2) is 53.9 Å². The lowest BCUT2D eigenvalue weighted by Gasteiger charge is -2.49. The Kier molecular flexibility index (Phi) is 49.2. The number of benzene rings is 1. The van der Waals surface area contributed by atoms with Crippen LogP contribution in [0, 0.1) is 11.8 Å². The summed E-state index contributed by atoms with van der Waals surface area (Å²) in [7, 11) is -3.40. The third kappa shape index (κ3) is 41.9. The molecule has 5 saturated heterocycles. The number of carbonyl (C=O) groups is 2. The number of aliphatic hydroxyl groups is 1. The monoisotopic (exact) mass is 1920 g/mol. The molecule has 128 heavy (non-hydrogen) atoms. The molecule has 8 rings (SSSR count). The normalized spacial score (nSPS) is 26.9. The van der Waals surface area contributed by atoms with Crippen molar-refractivity contribution in [2.75, 3.05) is 119 Å². The molecule has 4 N–H and O–H groups in total. The van der Waals surface area contributed by atoms with Gasteiger partial charge in [-0.1, -0.05) is 109 Å². The molecule has 2 amide bonds. The lowest BCUT2D eigenvalue weighted by atomic mass is 9.89. The number of halogens is 9. The molecule has 7 aliphatic rings. The van der Waals surface area contributed by atoms with Crippen molar-refractivity contribution in [2.24, 2.45) is 11.8 Å². The molecule has 8 unspecified atom stereocenters. The van der Waals surface area contributed by atoms with E-state index in [1.54, 1.807) is 18.2 Å². The van der Waals surface area contributed by atoms with E-state index >= 15 is 0 Å². The number of hydrogen-bond acceptors (Lipinski definition) is 25. The molecule has 26 nitrogen and oxygen atoms in total. The Morgan fingerprint density at radius 1 is 0.609 bits per heavy atom. The van der Waals surface area contributed by atoms with Crippen molar-refractivity contribution in [3.63, 3.8) is 0 Å². The number of allylic oxidation sites excluding steroid dienone is 5. The van der Waals surface area contributed by atoms with E-state index in [9.17, 15) is 54.3 Å². The van der Waals surface area contributed by atoms with Gasteiger partial charge < -0.3 is 106 Å². The van der Waals surface area contributed by atoms with Crippen LogP contribution >= 0.6 is 12.0 Å². The van der Waals surface area contributed by atoms with Crippen molar-refractivity contribution in [1.82, 2.24) is 10.6 Å². The van der Waals surface area contributed by atoms with Crippen molar-refractivity contribution in [3.8, 4) is 11.5 Å². The molecule has 742 valence electrons. The molecule has 14 atom stereocenters. The number of unbranched alkanes of at least 4 members (excludes halogenated alkanes) is 5. The Hall–Kier alpha value is -3.71. The third-order valence-corrected chi connectivity index (χ3v) is 27.2. The summed E-state index contributed by atoms with van der Waals surface area (Å²) in [5.41, 5.74) is 4.07. The van der Waals surface area contributed by atoms with Crippen LogP contribution in [0.4, 0.5) is 39.6 Å². The molecule has 39 heteroatoms. The van der Waals surface area contributed by atoms with Gasteiger partial charge in [0.05, 0.1) is 96.9 Å². The number of nitrogens with one attached hydrogen (secondary N) is 2. The molecule has 0 radical (unpaired) electrons. The summed E-state index contributed by atoms with van der Waals surface area (Å²) in [6, 6.07) is 2.52. The van der Waals surface area contributed by atoms with Crippen molar-refractivity contribution in [2.45, 2.75) is 338 Å². The van der Waals surface area contributed by atoms with Crippen LogP contribution < -0.4 is 20.1 Å². The van der Waals surface area contributed by atoms with E-state index in [2.05, 4.69) is 107 Å². The molecular weight excluding hydrogens is 1770 g/mol.